The molecule has 0 bridgehead atoms. The molecule has 1 unspecified atom stereocenters. The van der Waals surface area contributed by atoms with Crippen LogP contribution in [0.5, 0.6) is 0 Å². The second-order valence-corrected chi connectivity index (χ2v) is 6.13. The molecule has 2 heterocycles. The number of carbonyl (C=O) groups is 1. The van der Waals surface area contributed by atoms with Crippen LogP contribution in [0.1, 0.15) is 17.7 Å². The summed E-state index contributed by atoms with van der Waals surface area (Å²) in [6, 6.07) is 12.2. The van der Waals surface area contributed by atoms with E-state index in [1.165, 1.54) is 16.0 Å². The van der Waals surface area contributed by atoms with Crippen LogP contribution < -0.4 is 0 Å². The Balaban J connectivity index is 1.73. The van der Waals surface area contributed by atoms with Gasteiger partial charge in [0.1, 0.15) is 6.04 Å². The second-order valence-electron chi connectivity index (χ2n) is 5.13. The summed E-state index contributed by atoms with van der Waals surface area (Å²) in [7, 11) is 0. The number of aliphatic carboxylic acids is 1. The molecule has 3 rings (SSSR count). The van der Waals surface area contributed by atoms with Crippen LogP contribution >= 0.6 is 11.3 Å². The fourth-order valence-corrected chi connectivity index (χ4v) is 3.66. The molecule has 4 heteroatoms. The second kappa shape index (κ2) is 5.77. The lowest BCUT2D eigenvalue weighted by atomic mass is 10.1. The van der Waals surface area contributed by atoms with Gasteiger partial charge in [-0.15, -0.1) is 11.3 Å². The number of likely N-dealkylation sites (tertiary alicyclic amines) is 1. The van der Waals surface area contributed by atoms with Gasteiger partial charge in [-0.25, -0.2) is 0 Å². The van der Waals surface area contributed by atoms with Gasteiger partial charge in [0, 0.05) is 11.4 Å². The summed E-state index contributed by atoms with van der Waals surface area (Å²) in [5, 5.41) is 11.4. The zero-order valence-corrected chi connectivity index (χ0v) is 12.0. The number of rotatable bonds is 4. The van der Waals surface area contributed by atoms with E-state index in [4.69, 9.17) is 0 Å². The molecule has 0 amide bonds. The van der Waals surface area contributed by atoms with Crippen molar-refractivity contribution in [1.82, 2.24) is 4.90 Å². The van der Waals surface area contributed by atoms with Crippen LogP contribution in [-0.2, 0) is 11.3 Å². The minimum absolute atomic E-state index is 0.308. The summed E-state index contributed by atoms with van der Waals surface area (Å²) < 4.78 is 0. The van der Waals surface area contributed by atoms with Crippen LogP contribution in [0.15, 0.2) is 41.8 Å². The summed E-state index contributed by atoms with van der Waals surface area (Å²) in [5.74, 6) is -0.692. The molecule has 1 aliphatic rings. The maximum atomic E-state index is 11.2. The molecule has 20 heavy (non-hydrogen) atoms. The number of carboxylic acids is 1. The average Bonchev–Trinajstić information content (AvgIpc) is 3.09. The van der Waals surface area contributed by atoms with Crippen molar-refractivity contribution >= 4 is 17.3 Å². The fourth-order valence-electron chi connectivity index (χ4n) is 2.74. The highest BCUT2D eigenvalue weighted by atomic mass is 32.1. The Kier molecular flexibility index (Phi) is 3.85. The van der Waals surface area contributed by atoms with Gasteiger partial charge in [0.2, 0.25) is 0 Å². The molecule has 1 aromatic heterocycles. The molecule has 2 aromatic rings. The Labute approximate surface area is 122 Å². The lowest BCUT2D eigenvalue weighted by Gasteiger charge is -2.19. The predicted molar refractivity (Wildman–Crippen MR) is 80.8 cm³/mol. The summed E-state index contributed by atoms with van der Waals surface area (Å²) in [4.78, 5) is 14.5. The van der Waals surface area contributed by atoms with E-state index < -0.39 is 5.97 Å². The first-order valence-electron chi connectivity index (χ1n) is 6.84. The first-order chi connectivity index (χ1) is 9.74. The van der Waals surface area contributed by atoms with E-state index >= 15 is 0 Å². The third-order valence-corrected chi connectivity index (χ3v) is 4.69. The molecule has 3 nitrogen and oxygen atoms in total. The predicted octanol–water partition coefficient (Wildman–Crippen LogP) is 3.46. The van der Waals surface area contributed by atoms with Gasteiger partial charge >= 0.3 is 5.97 Å². The first kappa shape index (κ1) is 13.3. The van der Waals surface area contributed by atoms with Crippen molar-refractivity contribution in [3.8, 4) is 11.1 Å². The number of hydrogen-bond acceptors (Lipinski definition) is 3. The van der Waals surface area contributed by atoms with Crippen LogP contribution in [0, 0.1) is 0 Å². The van der Waals surface area contributed by atoms with Crippen LogP contribution in [-0.4, -0.2) is 28.6 Å². The molecular formula is C16H17NO2S. The standard InChI is InChI=1S/C16H17NO2S/c18-16(19)15-7-4-8-17(15)10-14-9-13(11-20-14)12-5-2-1-3-6-12/h1-3,5-6,9,11,15H,4,7-8,10H2,(H,18,19). The summed E-state index contributed by atoms with van der Waals surface area (Å²) >= 11 is 1.71. The Bertz CT molecular complexity index is 594. The van der Waals surface area contributed by atoms with Gasteiger partial charge in [0.25, 0.3) is 0 Å². The van der Waals surface area contributed by atoms with Crippen LogP contribution in [0.25, 0.3) is 11.1 Å². The molecule has 104 valence electrons. The van der Waals surface area contributed by atoms with E-state index in [0.717, 1.165) is 25.9 Å². The monoisotopic (exact) mass is 287 g/mol. The molecule has 0 saturated carbocycles. The van der Waals surface area contributed by atoms with Crippen LogP contribution in [0.2, 0.25) is 0 Å². The number of hydrogen-bond donors (Lipinski definition) is 1. The highest BCUT2D eigenvalue weighted by molar-refractivity contribution is 7.10. The largest absolute Gasteiger partial charge is 0.480 e. The molecular weight excluding hydrogens is 270 g/mol. The molecule has 1 fully saturated rings. The molecule has 0 radical (unpaired) electrons. The zero-order chi connectivity index (χ0) is 13.9. The SMILES string of the molecule is O=C(O)C1CCCN1Cc1cc(-c2ccccc2)cs1. The Morgan fingerprint density at radius 2 is 2.10 bits per heavy atom. The topological polar surface area (TPSA) is 40.5 Å². The van der Waals surface area contributed by atoms with Crippen molar-refractivity contribution in [2.45, 2.75) is 25.4 Å². The third kappa shape index (κ3) is 2.76. The third-order valence-electron chi connectivity index (χ3n) is 3.77. The van der Waals surface area contributed by atoms with Crippen molar-refractivity contribution in [1.29, 1.82) is 0 Å². The quantitative estimate of drug-likeness (QED) is 0.936. The molecule has 1 aliphatic heterocycles. The van der Waals surface area contributed by atoms with E-state index in [9.17, 15) is 9.90 Å². The minimum Gasteiger partial charge on any atom is -0.480 e. The molecule has 1 aromatic carbocycles. The number of thiophene rings is 1. The van der Waals surface area contributed by atoms with Gasteiger partial charge in [0.15, 0.2) is 0 Å². The van der Waals surface area contributed by atoms with Crippen molar-refractivity contribution < 1.29 is 9.90 Å². The Morgan fingerprint density at radius 3 is 2.85 bits per heavy atom. The zero-order valence-electron chi connectivity index (χ0n) is 11.2. The summed E-state index contributed by atoms with van der Waals surface area (Å²) in [6.07, 6.45) is 1.75. The van der Waals surface area contributed by atoms with Gasteiger partial charge in [-0.05, 0) is 42.0 Å². The minimum atomic E-state index is -0.692. The summed E-state index contributed by atoms with van der Waals surface area (Å²) in [6.45, 7) is 1.63. The average molecular weight is 287 g/mol. The van der Waals surface area contributed by atoms with Gasteiger partial charge in [-0.2, -0.15) is 0 Å². The van der Waals surface area contributed by atoms with Gasteiger partial charge < -0.3 is 5.11 Å². The lowest BCUT2D eigenvalue weighted by molar-refractivity contribution is -0.142. The van der Waals surface area contributed by atoms with Crippen LogP contribution in [0.3, 0.4) is 0 Å². The molecule has 0 spiro atoms. The Morgan fingerprint density at radius 1 is 1.30 bits per heavy atom. The van der Waals surface area contributed by atoms with Crippen molar-refractivity contribution in [3.63, 3.8) is 0 Å². The maximum absolute atomic E-state index is 11.2. The number of benzene rings is 1. The molecule has 1 atom stereocenters. The van der Waals surface area contributed by atoms with Crippen LogP contribution in [0.4, 0.5) is 0 Å². The first-order valence-corrected chi connectivity index (χ1v) is 7.72. The smallest absolute Gasteiger partial charge is 0.320 e. The Hall–Kier alpha value is -1.65. The maximum Gasteiger partial charge on any atom is 0.320 e. The lowest BCUT2D eigenvalue weighted by Crippen LogP contribution is -2.35. The molecule has 0 aliphatic carbocycles. The van der Waals surface area contributed by atoms with Gasteiger partial charge in [0.05, 0.1) is 0 Å². The van der Waals surface area contributed by atoms with Crippen molar-refractivity contribution in [3.05, 3.63) is 46.7 Å². The fraction of sp³-hybridized carbons (Fsp3) is 0.312. The normalized spacial score (nSPS) is 19.3. The number of carboxylic acid groups (broad SMARTS) is 1. The number of nitrogens with zero attached hydrogens (tertiary/aromatic N) is 1. The highest BCUT2D eigenvalue weighted by Gasteiger charge is 2.30. The van der Waals surface area contributed by atoms with Gasteiger partial charge in [-0.1, -0.05) is 30.3 Å². The molecule has 1 saturated heterocycles. The van der Waals surface area contributed by atoms with E-state index in [-0.39, 0.29) is 6.04 Å². The van der Waals surface area contributed by atoms with Crippen molar-refractivity contribution in [2.24, 2.45) is 0 Å². The summed E-state index contributed by atoms with van der Waals surface area (Å²) in [5.41, 5.74) is 2.43. The van der Waals surface area contributed by atoms with Crippen molar-refractivity contribution in [2.75, 3.05) is 6.54 Å². The highest BCUT2D eigenvalue weighted by Crippen LogP contribution is 2.28. The van der Waals surface area contributed by atoms with E-state index in [0.29, 0.717) is 0 Å². The molecule has 1 N–H and O–H groups in total. The van der Waals surface area contributed by atoms with E-state index in [2.05, 4.69) is 28.5 Å². The van der Waals surface area contributed by atoms with E-state index in [1.54, 1.807) is 11.3 Å². The van der Waals surface area contributed by atoms with Gasteiger partial charge in [-0.3, -0.25) is 9.69 Å². The van der Waals surface area contributed by atoms with E-state index in [1.807, 2.05) is 18.2 Å².